The number of rotatable bonds is 6. The van der Waals surface area contributed by atoms with Crippen molar-refractivity contribution in [2.24, 2.45) is 5.92 Å². The molecule has 0 bridgehead atoms. The molecule has 0 aliphatic rings. The van der Waals surface area contributed by atoms with E-state index in [0.29, 0.717) is 11.6 Å². The molecule has 0 saturated carbocycles. The van der Waals surface area contributed by atoms with Gasteiger partial charge in [0.15, 0.2) is 0 Å². The number of benzene rings is 1. The summed E-state index contributed by atoms with van der Waals surface area (Å²) in [5.74, 6) is -0.696. The van der Waals surface area contributed by atoms with E-state index >= 15 is 0 Å². The van der Waals surface area contributed by atoms with Gasteiger partial charge in [-0.3, -0.25) is 14.3 Å². The normalized spacial score (nSPS) is 10.9. The Morgan fingerprint density at radius 2 is 1.92 bits per heavy atom. The quantitative estimate of drug-likeness (QED) is 0.829. The van der Waals surface area contributed by atoms with Crippen LogP contribution >= 0.6 is 0 Å². The molecule has 2 aromatic rings. The van der Waals surface area contributed by atoms with Gasteiger partial charge in [-0.15, -0.1) is 0 Å². The van der Waals surface area contributed by atoms with Crippen molar-refractivity contribution in [3.8, 4) is 0 Å². The molecular weight excluding hydrogens is 335 g/mol. The van der Waals surface area contributed by atoms with Crippen molar-refractivity contribution >= 4 is 23.2 Å². The summed E-state index contributed by atoms with van der Waals surface area (Å²) in [7, 11) is 0. The van der Waals surface area contributed by atoms with Gasteiger partial charge in [-0.05, 0) is 38.0 Å². The van der Waals surface area contributed by atoms with Crippen LogP contribution in [-0.4, -0.2) is 21.6 Å². The number of carbonyl (C=O) groups excluding carboxylic acids is 2. The predicted molar refractivity (Wildman–Crippen MR) is 99.6 cm³/mol. The maximum absolute atomic E-state index is 13.7. The van der Waals surface area contributed by atoms with Crippen molar-refractivity contribution in [3.05, 3.63) is 41.0 Å². The van der Waals surface area contributed by atoms with Gasteiger partial charge in [-0.1, -0.05) is 13.8 Å². The summed E-state index contributed by atoms with van der Waals surface area (Å²) in [6, 6.07) is 4.06. The Hall–Kier alpha value is -2.70. The molecule has 0 fully saturated rings. The van der Waals surface area contributed by atoms with Gasteiger partial charge in [-0.2, -0.15) is 5.10 Å². The van der Waals surface area contributed by atoms with Crippen LogP contribution in [0.2, 0.25) is 0 Å². The number of amides is 2. The van der Waals surface area contributed by atoms with Gasteiger partial charge in [0.2, 0.25) is 11.8 Å². The molecule has 0 aliphatic carbocycles. The zero-order valence-corrected chi connectivity index (χ0v) is 15.8. The molecular formula is C19H25FN4O2. The topological polar surface area (TPSA) is 76.0 Å². The van der Waals surface area contributed by atoms with Gasteiger partial charge in [0.25, 0.3) is 0 Å². The number of anilines is 2. The second kappa shape index (κ2) is 8.12. The fraction of sp³-hybridized carbons (Fsp3) is 0.421. The Kier molecular flexibility index (Phi) is 6.13. The third kappa shape index (κ3) is 4.91. The molecule has 6 nitrogen and oxygen atoms in total. The van der Waals surface area contributed by atoms with Gasteiger partial charge in [0.1, 0.15) is 5.82 Å². The molecule has 0 unspecified atom stereocenters. The Labute approximate surface area is 152 Å². The molecule has 1 aromatic heterocycles. The first kappa shape index (κ1) is 19.6. The molecule has 26 heavy (non-hydrogen) atoms. The maximum Gasteiger partial charge on any atom is 0.228 e. The number of nitrogens with one attached hydrogen (secondary N) is 2. The van der Waals surface area contributed by atoms with Crippen LogP contribution in [0, 0.1) is 25.6 Å². The van der Waals surface area contributed by atoms with Crippen LogP contribution in [0.15, 0.2) is 18.2 Å². The molecule has 1 aromatic carbocycles. The molecule has 0 saturated heterocycles. The number of halogens is 1. The van der Waals surface area contributed by atoms with Crippen LogP contribution in [0.4, 0.5) is 15.8 Å². The second-order valence-electron chi connectivity index (χ2n) is 6.83. The van der Waals surface area contributed by atoms with Crippen molar-refractivity contribution in [2.75, 3.05) is 10.6 Å². The Morgan fingerprint density at radius 1 is 1.23 bits per heavy atom. The zero-order chi connectivity index (χ0) is 19.4. The molecule has 0 aliphatic heterocycles. The summed E-state index contributed by atoms with van der Waals surface area (Å²) in [5, 5.41) is 9.65. The van der Waals surface area contributed by atoms with E-state index in [9.17, 15) is 14.0 Å². The minimum atomic E-state index is -0.556. The van der Waals surface area contributed by atoms with Crippen molar-refractivity contribution in [3.63, 3.8) is 0 Å². The summed E-state index contributed by atoms with van der Waals surface area (Å²) < 4.78 is 15.6. The van der Waals surface area contributed by atoms with Crippen LogP contribution in [-0.2, 0) is 22.6 Å². The standard InChI is InChI=1S/C19H25FN4O2/c1-11(2)10-24-13(4)16(12(3)23-24)9-19(26)22-15-6-7-17(20)18(8-15)21-14(5)25/h6-8,11H,9-10H2,1-5H3,(H,21,25)(H,22,26). The molecule has 0 atom stereocenters. The van der Waals surface area contributed by atoms with E-state index in [1.165, 1.54) is 25.1 Å². The Bertz CT molecular complexity index is 827. The highest BCUT2D eigenvalue weighted by molar-refractivity contribution is 5.94. The van der Waals surface area contributed by atoms with E-state index in [-0.39, 0.29) is 23.9 Å². The first-order valence-electron chi connectivity index (χ1n) is 8.57. The van der Waals surface area contributed by atoms with E-state index in [0.717, 1.165) is 23.5 Å². The van der Waals surface area contributed by atoms with Crippen LogP contribution in [0.25, 0.3) is 0 Å². The summed E-state index contributed by atoms with van der Waals surface area (Å²) in [6.07, 6.45) is 0.183. The number of hydrogen-bond donors (Lipinski definition) is 2. The monoisotopic (exact) mass is 360 g/mol. The third-order valence-corrected chi connectivity index (χ3v) is 3.97. The van der Waals surface area contributed by atoms with Crippen LogP contribution in [0.1, 0.15) is 37.7 Å². The number of aryl methyl sites for hydroxylation is 1. The fourth-order valence-corrected chi connectivity index (χ4v) is 2.77. The van der Waals surface area contributed by atoms with Gasteiger partial charge in [0, 0.05) is 30.4 Å². The molecule has 2 rings (SSSR count). The molecule has 2 N–H and O–H groups in total. The molecule has 0 radical (unpaired) electrons. The lowest BCUT2D eigenvalue weighted by Crippen LogP contribution is -2.16. The highest BCUT2D eigenvalue weighted by atomic mass is 19.1. The van der Waals surface area contributed by atoms with E-state index in [4.69, 9.17) is 0 Å². The highest BCUT2D eigenvalue weighted by Crippen LogP contribution is 2.21. The summed E-state index contributed by atoms with van der Waals surface area (Å²) in [5.41, 5.74) is 3.16. The number of aromatic nitrogens is 2. The Balaban J connectivity index is 2.12. The third-order valence-electron chi connectivity index (χ3n) is 3.97. The summed E-state index contributed by atoms with van der Waals surface area (Å²) >= 11 is 0. The smallest absolute Gasteiger partial charge is 0.228 e. The average molecular weight is 360 g/mol. The van der Waals surface area contributed by atoms with E-state index in [1.807, 2.05) is 18.5 Å². The number of hydrogen-bond acceptors (Lipinski definition) is 3. The Morgan fingerprint density at radius 3 is 2.54 bits per heavy atom. The molecule has 140 valence electrons. The predicted octanol–water partition coefficient (Wildman–Crippen LogP) is 3.43. The lowest BCUT2D eigenvalue weighted by Gasteiger charge is -2.10. The zero-order valence-electron chi connectivity index (χ0n) is 15.8. The van der Waals surface area contributed by atoms with Gasteiger partial charge in [-0.25, -0.2) is 4.39 Å². The molecule has 7 heteroatoms. The van der Waals surface area contributed by atoms with Crippen LogP contribution in [0.5, 0.6) is 0 Å². The minimum Gasteiger partial charge on any atom is -0.326 e. The van der Waals surface area contributed by atoms with Crippen LogP contribution in [0.3, 0.4) is 0 Å². The lowest BCUT2D eigenvalue weighted by atomic mass is 10.1. The minimum absolute atomic E-state index is 0.0346. The first-order chi connectivity index (χ1) is 12.2. The van der Waals surface area contributed by atoms with E-state index < -0.39 is 5.82 Å². The molecule has 2 amide bonds. The van der Waals surface area contributed by atoms with Crippen molar-refractivity contribution in [2.45, 2.75) is 47.6 Å². The maximum atomic E-state index is 13.7. The van der Waals surface area contributed by atoms with Gasteiger partial charge in [0.05, 0.1) is 17.8 Å². The van der Waals surface area contributed by atoms with Crippen molar-refractivity contribution in [1.82, 2.24) is 9.78 Å². The van der Waals surface area contributed by atoms with Gasteiger partial charge >= 0.3 is 0 Å². The molecule has 1 heterocycles. The SMILES string of the molecule is CC(=O)Nc1cc(NC(=O)Cc2c(C)nn(CC(C)C)c2C)ccc1F. The van der Waals surface area contributed by atoms with Gasteiger partial charge < -0.3 is 10.6 Å². The second-order valence-corrected chi connectivity index (χ2v) is 6.83. The van der Waals surface area contributed by atoms with E-state index in [1.54, 1.807) is 0 Å². The molecule has 0 spiro atoms. The van der Waals surface area contributed by atoms with Crippen molar-refractivity contribution in [1.29, 1.82) is 0 Å². The lowest BCUT2D eigenvalue weighted by molar-refractivity contribution is -0.116. The van der Waals surface area contributed by atoms with Crippen molar-refractivity contribution < 1.29 is 14.0 Å². The van der Waals surface area contributed by atoms with Crippen LogP contribution < -0.4 is 10.6 Å². The number of nitrogens with zero attached hydrogens (tertiary/aromatic N) is 2. The fourth-order valence-electron chi connectivity index (χ4n) is 2.77. The largest absolute Gasteiger partial charge is 0.326 e. The highest BCUT2D eigenvalue weighted by Gasteiger charge is 2.16. The first-order valence-corrected chi connectivity index (χ1v) is 8.57. The summed E-state index contributed by atoms with van der Waals surface area (Å²) in [4.78, 5) is 23.5. The summed E-state index contributed by atoms with van der Waals surface area (Å²) in [6.45, 7) is 10.2. The average Bonchev–Trinajstić information content (AvgIpc) is 2.77. The van der Waals surface area contributed by atoms with E-state index in [2.05, 4.69) is 29.6 Å². The number of carbonyl (C=O) groups is 2.